The number of carbonyl (C=O) groups is 1. The van der Waals surface area contributed by atoms with Gasteiger partial charge in [-0.05, 0) is 0 Å². The zero-order chi connectivity index (χ0) is 8.97. The second-order valence-corrected chi connectivity index (χ2v) is 2.64. The molecular formula is C8H12N3O. The quantitative estimate of drug-likeness (QED) is 0.641. The van der Waals surface area contributed by atoms with E-state index in [1.807, 2.05) is 0 Å². The molecule has 0 saturated carbocycles. The molecule has 0 spiro atoms. The van der Waals surface area contributed by atoms with Crippen LogP contribution in [0.3, 0.4) is 0 Å². The van der Waals surface area contributed by atoms with Gasteiger partial charge < -0.3 is 4.90 Å². The molecule has 1 aromatic rings. The maximum absolute atomic E-state index is 10.8. The van der Waals surface area contributed by atoms with Crippen LogP contribution in [-0.4, -0.2) is 34.2 Å². The van der Waals surface area contributed by atoms with E-state index in [9.17, 15) is 4.79 Å². The summed E-state index contributed by atoms with van der Waals surface area (Å²) in [5, 5.41) is 3.97. The fraction of sp³-hybridized carbons (Fsp3) is 0.500. The average Bonchev–Trinajstić information content (AvgIpc) is 2.51. The molecule has 0 aliphatic carbocycles. The molecule has 0 aliphatic heterocycles. The number of amides is 1. The van der Waals surface area contributed by atoms with Gasteiger partial charge in [-0.2, -0.15) is 5.10 Å². The first-order valence-corrected chi connectivity index (χ1v) is 3.80. The second kappa shape index (κ2) is 3.90. The van der Waals surface area contributed by atoms with Crippen molar-refractivity contribution in [3.8, 4) is 0 Å². The van der Waals surface area contributed by atoms with E-state index in [1.165, 1.54) is 0 Å². The highest BCUT2D eigenvalue weighted by atomic mass is 16.2. The van der Waals surface area contributed by atoms with Gasteiger partial charge in [-0.1, -0.05) is 0 Å². The Morgan fingerprint density at radius 1 is 1.75 bits per heavy atom. The Hall–Kier alpha value is -1.32. The average molecular weight is 166 g/mol. The molecule has 0 aliphatic rings. The molecule has 0 aromatic carbocycles. The summed E-state index contributed by atoms with van der Waals surface area (Å²) in [6.07, 6.45) is 3.36. The Morgan fingerprint density at radius 2 is 2.50 bits per heavy atom. The van der Waals surface area contributed by atoms with Gasteiger partial charge in [-0.15, -0.1) is 0 Å². The fourth-order valence-corrected chi connectivity index (χ4v) is 0.792. The van der Waals surface area contributed by atoms with Crippen LogP contribution in [0, 0.1) is 6.07 Å². The van der Waals surface area contributed by atoms with Crippen molar-refractivity contribution in [2.24, 2.45) is 0 Å². The molecule has 1 rings (SSSR count). The first kappa shape index (κ1) is 8.77. The summed E-state index contributed by atoms with van der Waals surface area (Å²) in [5.41, 5.74) is 0. The van der Waals surface area contributed by atoms with Crippen LogP contribution in [0.15, 0.2) is 12.4 Å². The van der Waals surface area contributed by atoms with E-state index in [-0.39, 0.29) is 5.91 Å². The number of hydrogen-bond acceptors (Lipinski definition) is 2. The largest absolute Gasteiger partial charge is 0.344 e. The molecule has 1 aromatic heterocycles. The topological polar surface area (TPSA) is 38.1 Å². The molecule has 0 N–H and O–H groups in total. The monoisotopic (exact) mass is 166 g/mol. The SMILES string of the molecule is CC(=O)N(C)CCn1c[c]cn1. The fourth-order valence-electron chi connectivity index (χ4n) is 0.792. The minimum atomic E-state index is 0.0751. The number of aromatic nitrogens is 2. The maximum Gasteiger partial charge on any atom is 0.219 e. The number of nitrogens with zero attached hydrogens (tertiary/aromatic N) is 3. The van der Waals surface area contributed by atoms with Gasteiger partial charge in [-0.25, -0.2) is 0 Å². The lowest BCUT2D eigenvalue weighted by atomic mass is 10.5. The van der Waals surface area contributed by atoms with E-state index in [2.05, 4.69) is 11.2 Å². The van der Waals surface area contributed by atoms with Crippen LogP contribution in [0.4, 0.5) is 0 Å². The number of rotatable bonds is 3. The minimum absolute atomic E-state index is 0.0751. The summed E-state index contributed by atoms with van der Waals surface area (Å²) < 4.78 is 1.75. The third-order valence-corrected chi connectivity index (χ3v) is 1.71. The number of carbonyl (C=O) groups excluding carboxylic acids is 1. The van der Waals surface area contributed by atoms with Crippen LogP contribution in [0.5, 0.6) is 0 Å². The van der Waals surface area contributed by atoms with Crippen LogP contribution in [-0.2, 0) is 11.3 Å². The third kappa shape index (κ3) is 2.38. The number of likely N-dealkylation sites (N-methyl/N-ethyl adjacent to an activating group) is 1. The molecule has 0 atom stereocenters. The summed E-state index contributed by atoms with van der Waals surface area (Å²) in [5.74, 6) is 0.0751. The van der Waals surface area contributed by atoms with E-state index in [4.69, 9.17) is 0 Å². The smallest absolute Gasteiger partial charge is 0.219 e. The van der Waals surface area contributed by atoms with Crippen molar-refractivity contribution in [3.05, 3.63) is 18.5 Å². The standard InChI is InChI=1S/C8H12N3O/c1-8(12)10(2)6-7-11-5-3-4-9-11/h4-5H,6-7H2,1-2H3. The molecule has 0 unspecified atom stereocenters. The lowest BCUT2D eigenvalue weighted by Gasteiger charge is -2.13. The van der Waals surface area contributed by atoms with Crippen molar-refractivity contribution in [1.29, 1.82) is 0 Å². The van der Waals surface area contributed by atoms with Crippen LogP contribution < -0.4 is 0 Å². The van der Waals surface area contributed by atoms with Crippen LogP contribution >= 0.6 is 0 Å². The lowest BCUT2D eigenvalue weighted by molar-refractivity contribution is -0.127. The van der Waals surface area contributed by atoms with Gasteiger partial charge in [0, 0.05) is 32.8 Å². The predicted octanol–water partition coefficient (Wildman–Crippen LogP) is 0.162. The molecular weight excluding hydrogens is 154 g/mol. The van der Waals surface area contributed by atoms with E-state index < -0.39 is 0 Å². The van der Waals surface area contributed by atoms with Crippen LogP contribution in [0.25, 0.3) is 0 Å². The summed E-state index contributed by atoms with van der Waals surface area (Å²) in [6.45, 7) is 2.96. The van der Waals surface area contributed by atoms with Crippen LogP contribution in [0.2, 0.25) is 0 Å². The van der Waals surface area contributed by atoms with Gasteiger partial charge in [0.25, 0.3) is 0 Å². The van der Waals surface area contributed by atoms with E-state index in [0.29, 0.717) is 6.54 Å². The van der Waals surface area contributed by atoms with Crippen molar-refractivity contribution in [1.82, 2.24) is 14.7 Å². The van der Waals surface area contributed by atoms with E-state index in [1.54, 1.807) is 35.9 Å². The van der Waals surface area contributed by atoms with Gasteiger partial charge in [0.1, 0.15) is 0 Å². The Labute approximate surface area is 71.8 Å². The van der Waals surface area contributed by atoms with Crippen molar-refractivity contribution in [2.45, 2.75) is 13.5 Å². The predicted molar refractivity (Wildman–Crippen MR) is 44.4 cm³/mol. The van der Waals surface area contributed by atoms with E-state index >= 15 is 0 Å². The molecule has 4 heteroatoms. The molecule has 12 heavy (non-hydrogen) atoms. The van der Waals surface area contributed by atoms with Gasteiger partial charge in [0.05, 0.1) is 12.7 Å². The van der Waals surface area contributed by atoms with Gasteiger partial charge in [0.15, 0.2) is 0 Å². The molecule has 65 valence electrons. The summed E-state index contributed by atoms with van der Waals surface area (Å²) in [4.78, 5) is 12.4. The highest BCUT2D eigenvalue weighted by Crippen LogP contribution is 1.87. The van der Waals surface area contributed by atoms with Gasteiger partial charge >= 0.3 is 0 Å². The summed E-state index contributed by atoms with van der Waals surface area (Å²) in [7, 11) is 1.77. The first-order chi connectivity index (χ1) is 5.70. The molecule has 1 amide bonds. The Morgan fingerprint density at radius 3 is 3.00 bits per heavy atom. The lowest BCUT2D eigenvalue weighted by Crippen LogP contribution is -2.27. The number of hydrogen-bond donors (Lipinski definition) is 0. The van der Waals surface area contributed by atoms with Gasteiger partial charge in [0.2, 0.25) is 5.91 Å². The highest BCUT2D eigenvalue weighted by Gasteiger charge is 2.00. The Balaban J connectivity index is 2.31. The Bertz CT molecular complexity index is 243. The van der Waals surface area contributed by atoms with E-state index in [0.717, 1.165) is 6.54 Å². The zero-order valence-corrected chi connectivity index (χ0v) is 7.32. The van der Waals surface area contributed by atoms with Gasteiger partial charge in [-0.3, -0.25) is 9.48 Å². The molecule has 0 saturated heterocycles. The normalized spacial score (nSPS) is 9.83. The molecule has 4 nitrogen and oxygen atoms in total. The van der Waals surface area contributed by atoms with Crippen molar-refractivity contribution in [2.75, 3.05) is 13.6 Å². The summed E-state index contributed by atoms with van der Waals surface area (Å²) >= 11 is 0. The van der Waals surface area contributed by atoms with Crippen LogP contribution in [0.1, 0.15) is 6.92 Å². The maximum atomic E-state index is 10.8. The van der Waals surface area contributed by atoms with Crippen molar-refractivity contribution < 1.29 is 4.79 Å². The third-order valence-electron chi connectivity index (χ3n) is 1.71. The molecule has 1 heterocycles. The van der Waals surface area contributed by atoms with Crippen molar-refractivity contribution in [3.63, 3.8) is 0 Å². The molecule has 1 radical (unpaired) electrons. The molecule has 0 fully saturated rings. The highest BCUT2D eigenvalue weighted by molar-refractivity contribution is 5.72. The zero-order valence-electron chi connectivity index (χ0n) is 7.32. The van der Waals surface area contributed by atoms with Crippen molar-refractivity contribution >= 4 is 5.91 Å². The summed E-state index contributed by atoms with van der Waals surface area (Å²) in [6, 6.07) is 2.83. The Kier molecular flexibility index (Phi) is 2.85. The molecule has 0 bridgehead atoms. The second-order valence-electron chi connectivity index (χ2n) is 2.64. The first-order valence-electron chi connectivity index (χ1n) is 3.80. The minimum Gasteiger partial charge on any atom is -0.344 e.